The van der Waals surface area contributed by atoms with E-state index in [9.17, 15) is 14.4 Å². The topological polar surface area (TPSA) is 109 Å². The van der Waals surface area contributed by atoms with Crippen molar-refractivity contribution < 1.29 is 19.5 Å². The number of carbonyl (C=O) groups excluding carboxylic acids is 2. The van der Waals surface area contributed by atoms with Crippen molar-refractivity contribution in [1.82, 2.24) is 5.32 Å². The van der Waals surface area contributed by atoms with E-state index in [2.05, 4.69) is 5.32 Å². The Labute approximate surface area is 112 Å². The van der Waals surface area contributed by atoms with Crippen LogP contribution < -0.4 is 11.1 Å². The lowest BCUT2D eigenvalue weighted by molar-refractivity contribution is -0.142. The maximum absolute atomic E-state index is 11.8. The molecule has 19 heavy (non-hydrogen) atoms. The standard InChI is InChI=1S/C13H22N2O4/c14-11(16)7-6-10(13(18)19)15-12(17)8-9-4-2-1-3-5-9/h9-10H,1-8H2,(H2,14,16)(H,15,17)(H,18,19). The second kappa shape index (κ2) is 7.76. The zero-order valence-electron chi connectivity index (χ0n) is 11.1. The summed E-state index contributed by atoms with van der Waals surface area (Å²) in [5.41, 5.74) is 4.98. The number of amides is 2. The minimum atomic E-state index is -1.13. The van der Waals surface area contributed by atoms with E-state index >= 15 is 0 Å². The fraction of sp³-hybridized carbons (Fsp3) is 0.769. The zero-order valence-corrected chi connectivity index (χ0v) is 11.1. The summed E-state index contributed by atoms with van der Waals surface area (Å²) in [7, 11) is 0. The van der Waals surface area contributed by atoms with Gasteiger partial charge in [0.25, 0.3) is 0 Å². The molecule has 1 fully saturated rings. The number of primary amides is 1. The zero-order chi connectivity index (χ0) is 14.3. The van der Waals surface area contributed by atoms with Crippen LogP contribution in [0.4, 0.5) is 0 Å². The summed E-state index contributed by atoms with van der Waals surface area (Å²) in [5, 5.41) is 11.4. The second-order valence-corrected chi connectivity index (χ2v) is 5.17. The largest absolute Gasteiger partial charge is 0.480 e. The van der Waals surface area contributed by atoms with Crippen LogP contribution in [0.15, 0.2) is 0 Å². The quantitative estimate of drug-likeness (QED) is 0.635. The first kappa shape index (κ1) is 15.5. The predicted octanol–water partition coefficient (Wildman–Crippen LogP) is 0.792. The van der Waals surface area contributed by atoms with Gasteiger partial charge in [0.05, 0.1) is 0 Å². The third-order valence-corrected chi connectivity index (χ3v) is 3.51. The van der Waals surface area contributed by atoms with Gasteiger partial charge in [-0.1, -0.05) is 19.3 Å². The van der Waals surface area contributed by atoms with Crippen LogP contribution in [-0.2, 0) is 14.4 Å². The molecule has 1 aliphatic rings. The average molecular weight is 270 g/mol. The smallest absolute Gasteiger partial charge is 0.326 e. The van der Waals surface area contributed by atoms with E-state index < -0.39 is 17.9 Å². The molecule has 6 nitrogen and oxygen atoms in total. The van der Waals surface area contributed by atoms with E-state index in [1.165, 1.54) is 6.42 Å². The van der Waals surface area contributed by atoms with Crippen molar-refractivity contribution in [1.29, 1.82) is 0 Å². The van der Waals surface area contributed by atoms with Crippen LogP contribution in [0.3, 0.4) is 0 Å². The Morgan fingerprint density at radius 3 is 2.37 bits per heavy atom. The van der Waals surface area contributed by atoms with E-state index in [-0.39, 0.29) is 18.7 Å². The van der Waals surface area contributed by atoms with Crippen LogP contribution >= 0.6 is 0 Å². The van der Waals surface area contributed by atoms with E-state index in [1.54, 1.807) is 0 Å². The van der Waals surface area contributed by atoms with E-state index in [1.807, 2.05) is 0 Å². The molecule has 0 aromatic carbocycles. The van der Waals surface area contributed by atoms with Gasteiger partial charge in [0, 0.05) is 12.8 Å². The highest BCUT2D eigenvalue weighted by atomic mass is 16.4. The number of nitrogens with one attached hydrogen (secondary N) is 1. The molecule has 1 atom stereocenters. The molecule has 6 heteroatoms. The summed E-state index contributed by atoms with van der Waals surface area (Å²) in [6, 6.07) is -1.02. The molecular formula is C13H22N2O4. The number of aliphatic carboxylic acids is 1. The minimum Gasteiger partial charge on any atom is -0.480 e. The highest BCUT2D eigenvalue weighted by Gasteiger charge is 2.23. The molecule has 2 amide bonds. The van der Waals surface area contributed by atoms with Crippen molar-refractivity contribution in [2.45, 2.75) is 57.4 Å². The van der Waals surface area contributed by atoms with Crippen LogP contribution in [0.2, 0.25) is 0 Å². The van der Waals surface area contributed by atoms with Gasteiger partial charge in [0.2, 0.25) is 11.8 Å². The monoisotopic (exact) mass is 270 g/mol. The third-order valence-electron chi connectivity index (χ3n) is 3.51. The van der Waals surface area contributed by atoms with Gasteiger partial charge in [-0.3, -0.25) is 9.59 Å². The molecule has 0 aromatic rings. The predicted molar refractivity (Wildman–Crippen MR) is 69.2 cm³/mol. The first-order valence-electron chi connectivity index (χ1n) is 6.79. The molecule has 0 saturated heterocycles. The molecule has 0 aromatic heterocycles. The Kier molecular flexibility index (Phi) is 6.32. The molecule has 1 saturated carbocycles. The van der Waals surface area contributed by atoms with Crippen molar-refractivity contribution in [3.8, 4) is 0 Å². The Hall–Kier alpha value is -1.59. The van der Waals surface area contributed by atoms with Crippen LogP contribution in [0.25, 0.3) is 0 Å². The maximum Gasteiger partial charge on any atom is 0.326 e. The molecule has 108 valence electrons. The summed E-state index contributed by atoms with van der Waals surface area (Å²) < 4.78 is 0. The number of carbonyl (C=O) groups is 3. The highest BCUT2D eigenvalue weighted by Crippen LogP contribution is 2.26. The van der Waals surface area contributed by atoms with Gasteiger partial charge in [-0.2, -0.15) is 0 Å². The van der Waals surface area contributed by atoms with Crippen molar-refractivity contribution in [3.63, 3.8) is 0 Å². The molecule has 1 rings (SSSR count). The number of hydrogen-bond donors (Lipinski definition) is 3. The number of hydrogen-bond acceptors (Lipinski definition) is 3. The Balaban J connectivity index is 2.37. The fourth-order valence-corrected chi connectivity index (χ4v) is 2.45. The lowest BCUT2D eigenvalue weighted by Gasteiger charge is -2.22. The SMILES string of the molecule is NC(=O)CCC(NC(=O)CC1CCCCC1)C(=O)O. The Bertz CT molecular complexity index is 338. The van der Waals surface area contributed by atoms with Crippen LogP contribution in [0, 0.1) is 5.92 Å². The molecule has 1 aliphatic carbocycles. The van der Waals surface area contributed by atoms with Gasteiger partial charge in [-0.05, 0) is 25.2 Å². The van der Waals surface area contributed by atoms with E-state index in [4.69, 9.17) is 10.8 Å². The molecule has 4 N–H and O–H groups in total. The number of rotatable bonds is 7. The maximum atomic E-state index is 11.8. The van der Waals surface area contributed by atoms with Crippen LogP contribution in [0.5, 0.6) is 0 Å². The van der Waals surface area contributed by atoms with E-state index in [0.29, 0.717) is 12.3 Å². The molecule has 0 radical (unpaired) electrons. The highest BCUT2D eigenvalue weighted by molar-refractivity contribution is 5.84. The van der Waals surface area contributed by atoms with Gasteiger partial charge >= 0.3 is 5.97 Å². The molecule has 0 spiro atoms. The third kappa shape index (κ3) is 6.22. The van der Waals surface area contributed by atoms with Gasteiger partial charge < -0.3 is 16.2 Å². The van der Waals surface area contributed by atoms with Crippen molar-refractivity contribution in [2.24, 2.45) is 11.7 Å². The minimum absolute atomic E-state index is 0.0410. The summed E-state index contributed by atoms with van der Waals surface area (Å²) in [5.74, 6) is -1.57. The van der Waals surface area contributed by atoms with Crippen LogP contribution in [-0.4, -0.2) is 28.9 Å². The summed E-state index contributed by atoms with van der Waals surface area (Å²) in [4.78, 5) is 33.4. The molecule has 0 bridgehead atoms. The van der Waals surface area contributed by atoms with Gasteiger partial charge in [-0.15, -0.1) is 0 Å². The first-order valence-corrected chi connectivity index (χ1v) is 6.79. The molecule has 0 heterocycles. The summed E-state index contributed by atoms with van der Waals surface area (Å²) in [6.07, 6.45) is 5.94. The first-order chi connectivity index (χ1) is 8.99. The number of carboxylic acid groups (broad SMARTS) is 1. The number of carboxylic acids is 1. The Morgan fingerprint density at radius 1 is 1.21 bits per heavy atom. The van der Waals surface area contributed by atoms with Crippen molar-refractivity contribution in [3.05, 3.63) is 0 Å². The Morgan fingerprint density at radius 2 is 1.84 bits per heavy atom. The van der Waals surface area contributed by atoms with Crippen molar-refractivity contribution in [2.75, 3.05) is 0 Å². The van der Waals surface area contributed by atoms with Gasteiger partial charge in [-0.25, -0.2) is 4.79 Å². The lowest BCUT2D eigenvalue weighted by Crippen LogP contribution is -2.42. The van der Waals surface area contributed by atoms with Crippen molar-refractivity contribution >= 4 is 17.8 Å². The van der Waals surface area contributed by atoms with Gasteiger partial charge in [0.15, 0.2) is 0 Å². The van der Waals surface area contributed by atoms with Gasteiger partial charge in [0.1, 0.15) is 6.04 Å². The van der Waals surface area contributed by atoms with Crippen LogP contribution in [0.1, 0.15) is 51.4 Å². The summed E-state index contributed by atoms with van der Waals surface area (Å²) >= 11 is 0. The summed E-state index contributed by atoms with van der Waals surface area (Å²) in [6.45, 7) is 0. The second-order valence-electron chi connectivity index (χ2n) is 5.17. The fourth-order valence-electron chi connectivity index (χ4n) is 2.45. The number of nitrogens with two attached hydrogens (primary N) is 1. The normalized spacial score (nSPS) is 17.7. The average Bonchev–Trinajstić information content (AvgIpc) is 2.35. The lowest BCUT2D eigenvalue weighted by atomic mass is 9.87. The van der Waals surface area contributed by atoms with E-state index in [0.717, 1.165) is 25.7 Å². The molecule has 0 aliphatic heterocycles. The molecule has 1 unspecified atom stereocenters. The molecular weight excluding hydrogens is 248 g/mol.